The predicted molar refractivity (Wildman–Crippen MR) is 93.5 cm³/mol. The Kier molecular flexibility index (Phi) is 5.07. The Hall–Kier alpha value is -3.03. The molecule has 27 heavy (non-hydrogen) atoms. The van der Waals surface area contributed by atoms with Crippen molar-refractivity contribution in [1.82, 2.24) is 0 Å². The lowest BCUT2D eigenvalue weighted by Gasteiger charge is -2.17. The summed E-state index contributed by atoms with van der Waals surface area (Å²) in [5.41, 5.74) is 0.126. The van der Waals surface area contributed by atoms with E-state index in [9.17, 15) is 22.8 Å². The fourth-order valence-electron chi connectivity index (χ4n) is 2.88. The maximum Gasteiger partial charge on any atom is 0.416 e. The van der Waals surface area contributed by atoms with Gasteiger partial charge in [0, 0.05) is 24.3 Å². The van der Waals surface area contributed by atoms with Gasteiger partial charge in [-0.1, -0.05) is 0 Å². The number of alkyl halides is 3. The van der Waals surface area contributed by atoms with E-state index >= 15 is 0 Å². The second-order valence-corrected chi connectivity index (χ2v) is 6.17. The van der Waals surface area contributed by atoms with Crippen LogP contribution in [-0.2, 0) is 15.8 Å². The number of hydrogen-bond acceptors (Lipinski definition) is 3. The largest absolute Gasteiger partial charge is 0.497 e. The summed E-state index contributed by atoms with van der Waals surface area (Å²) in [7, 11) is 1.54. The van der Waals surface area contributed by atoms with Gasteiger partial charge in [-0.3, -0.25) is 9.59 Å². The third-order valence-electron chi connectivity index (χ3n) is 4.36. The maximum atomic E-state index is 12.7. The molecule has 5 nitrogen and oxygen atoms in total. The summed E-state index contributed by atoms with van der Waals surface area (Å²) >= 11 is 0. The summed E-state index contributed by atoms with van der Waals surface area (Å²) in [6.07, 6.45) is -4.43. The smallest absolute Gasteiger partial charge is 0.416 e. The molecule has 0 aromatic heterocycles. The second-order valence-electron chi connectivity index (χ2n) is 6.17. The molecule has 2 aromatic carbocycles. The first-order valence-corrected chi connectivity index (χ1v) is 8.20. The Morgan fingerprint density at radius 1 is 1.11 bits per heavy atom. The lowest BCUT2D eigenvalue weighted by Crippen LogP contribution is -2.28. The van der Waals surface area contributed by atoms with Gasteiger partial charge in [0.25, 0.3) is 0 Å². The number of nitrogens with one attached hydrogen (secondary N) is 1. The van der Waals surface area contributed by atoms with E-state index in [-0.39, 0.29) is 24.8 Å². The number of carbonyl (C=O) groups is 2. The summed E-state index contributed by atoms with van der Waals surface area (Å²) in [4.78, 5) is 26.0. The number of carbonyl (C=O) groups excluding carboxylic acids is 2. The van der Waals surface area contributed by atoms with E-state index in [4.69, 9.17) is 4.74 Å². The lowest BCUT2D eigenvalue weighted by molar-refractivity contribution is -0.137. The summed E-state index contributed by atoms with van der Waals surface area (Å²) in [6.45, 7) is 0.117. The number of amides is 2. The van der Waals surface area contributed by atoms with E-state index < -0.39 is 17.7 Å². The highest BCUT2D eigenvalue weighted by Crippen LogP contribution is 2.32. The van der Waals surface area contributed by atoms with Crippen molar-refractivity contribution >= 4 is 23.2 Å². The second kappa shape index (κ2) is 7.30. The van der Waals surface area contributed by atoms with Crippen molar-refractivity contribution in [2.24, 2.45) is 5.92 Å². The lowest BCUT2D eigenvalue weighted by atomic mass is 10.1. The molecular formula is C19H17F3N2O3. The molecule has 3 rings (SSSR count). The minimum absolute atomic E-state index is 0.00299. The molecule has 1 heterocycles. The minimum atomic E-state index is -4.44. The van der Waals surface area contributed by atoms with E-state index in [1.165, 1.54) is 24.1 Å². The van der Waals surface area contributed by atoms with Crippen molar-refractivity contribution < 1.29 is 27.5 Å². The van der Waals surface area contributed by atoms with Crippen molar-refractivity contribution in [3.63, 3.8) is 0 Å². The first-order chi connectivity index (χ1) is 12.8. The molecule has 1 aliphatic heterocycles. The van der Waals surface area contributed by atoms with E-state index in [0.717, 1.165) is 12.1 Å². The fourth-order valence-corrected chi connectivity index (χ4v) is 2.88. The van der Waals surface area contributed by atoms with Gasteiger partial charge in [-0.15, -0.1) is 0 Å². The van der Waals surface area contributed by atoms with Crippen molar-refractivity contribution in [3.8, 4) is 5.75 Å². The van der Waals surface area contributed by atoms with Gasteiger partial charge in [-0.2, -0.15) is 13.2 Å². The van der Waals surface area contributed by atoms with Crippen LogP contribution in [0.3, 0.4) is 0 Å². The van der Waals surface area contributed by atoms with E-state index in [2.05, 4.69) is 5.32 Å². The highest BCUT2D eigenvalue weighted by Gasteiger charge is 2.36. The number of halogens is 3. The molecule has 2 aromatic rings. The predicted octanol–water partition coefficient (Wildman–Crippen LogP) is 3.71. The molecule has 1 N–H and O–H groups in total. The summed E-state index contributed by atoms with van der Waals surface area (Å²) in [6, 6.07) is 11.1. The molecule has 0 saturated carbocycles. The van der Waals surface area contributed by atoms with E-state index in [1.807, 2.05) is 0 Å². The van der Waals surface area contributed by atoms with Crippen LogP contribution in [0.4, 0.5) is 24.5 Å². The van der Waals surface area contributed by atoms with Crippen LogP contribution in [-0.4, -0.2) is 25.5 Å². The van der Waals surface area contributed by atoms with E-state index in [1.54, 1.807) is 24.3 Å². The Morgan fingerprint density at radius 2 is 1.74 bits per heavy atom. The minimum Gasteiger partial charge on any atom is -0.497 e. The zero-order valence-electron chi connectivity index (χ0n) is 14.4. The van der Waals surface area contributed by atoms with Gasteiger partial charge < -0.3 is 15.0 Å². The van der Waals surface area contributed by atoms with Crippen LogP contribution < -0.4 is 15.0 Å². The van der Waals surface area contributed by atoms with Gasteiger partial charge in [0.2, 0.25) is 11.8 Å². The first kappa shape index (κ1) is 18.8. The van der Waals surface area contributed by atoms with Crippen LogP contribution >= 0.6 is 0 Å². The van der Waals surface area contributed by atoms with Crippen LogP contribution in [0.15, 0.2) is 48.5 Å². The molecule has 1 saturated heterocycles. The molecule has 8 heteroatoms. The zero-order valence-corrected chi connectivity index (χ0v) is 14.4. The van der Waals surface area contributed by atoms with E-state index in [0.29, 0.717) is 17.1 Å². The highest BCUT2D eigenvalue weighted by atomic mass is 19.4. The zero-order chi connectivity index (χ0) is 19.6. The molecule has 0 bridgehead atoms. The van der Waals surface area contributed by atoms with Crippen LogP contribution in [0.5, 0.6) is 5.75 Å². The highest BCUT2D eigenvalue weighted by molar-refractivity contribution is 6.03. The monoisotopic (exact) mass is 378 g/mol. The van der Waals surface area contributed by atoms with Crippen LogP contribution in [0.2, 0.25) is 0 Å². The van der Waals surface area contributed by atoms with Crippen molar-refractivity contribution in [3.05, 3.63) is 54.1 Å². The Labute approximate surface area is 153 Å². The topological polar surface area (TPSA) is 58.6 Å². The average molecular weight is 378 g/mol. The average Bonchev–Trinajstić information content (AvgIpc) is 3.03. The SMILES string of the molecule is COc1ccc(NC(=O)C2CC(=O)N(c3ccc(C(F)(F)F)cc3)C2)cc1. The molecule has 1 unspecified atom stereocenters. The quantitative estimate of drug-likeness (QED) is 0.883. The maximum absolute atomic E-state index is 12.7. The molecule has 1 atom stereocenters. The summed E-state index contributed by atoms with van der Waals surface area (Å²) < 4.78 is 43.0. The van der Waals surface area contributed by atoms with Gasteiger partial charge in [0.05, 0.1) is 18.6 Å². The molecule has 0 spiro atoms. The number of benzene rings is 2. The Morgan fingerprint density at radius 3 is 2.30 bits per heavy atom. The Balaban J connectivity index is 1.66. The molecule has 142 valence electrons. The first-order valence-electron chi connectivity index (χ1n) is 8.20. The van der Waals surface area contributed by atoms with Crippen LogP contribution in [0.1, 0.15) is 12.0 Å². The van der Waals surface area contributed by atoms with Gasteiger partial charge in [0.15, 0.2) is 0 Å². The fraction of sp³-hybridized carbons (Fsp3) is 0.263. The van der Waals surface area contributed by atoms with Gasteiger partial charge in [-0.05, 0) is 48.5 Å². The molecular weight excluding hydrogens is 361 g/mol. The summed E-state index contributed by atoms with van der Waals surface area (Å²) in [5.74, 6) is -0.549. The van der Waals surface area contributed by atoms with Crippen LogP contribution in [0.25, 0.3) is 0 Å². The molecule has 0 aliphatic carbocycles. The third kappa shape index (κ3) is 4.21. The molecule has 2 amide bonds. The number of anilines is 2. The molecule has 0 radical (unpaired) electrons. The van der Waals surface area contributed by atoms with Gasteiger partial charge >= 0.3 is 6.18 Å². The number of ether oxygens (including phenoxy) is 1. The molecule has 1 fully saturated rings. The van der Waals surface area contributed by atoms with Crippen molar-refractivity contribution in [2.45, 2.75) is 12.6 Å². The van der Waals surface area contributed by atoms with Crippen LogP contribution in [0, 0.1) is 5.92 Å². The van der Waals surface area contributed by atoms with Gasteiger partial charge in [0.1, 0.15) is 5.75 Å². The van der Waals surface area contributed by atoms with Crippen molar-refractivity contribution in [1.29, 1.82) is 0 Å². The number of methoxy groups -OCH3 is 1. The normalized spacial score (nSPS) is 17.1. The number of nitrogens with zero attached hydrogens (tertiary/aromatic N) is 1. The standard InChI is InChI=1S/C19H17F3N2O3/c1-27-16-8-4-14(5-9-16)23-18(26)12-10-17(25)24(11-12)15-6-2-13(3-7-15)19(20,21)22/h2-9,12H,10-11H2,1H3,(H,23,26). The third-order valence-corrected chi connectivity index (χ3v) is 4.36. The Bertz CT molecular complexity index is 833. The number of hydrogen-bond donors (Lipinski definition) is 1. The molecule has 1 aliphatic rings. The van der Waals surface area contributed by atoms with Gasteiger partial charge in [-0.25, -0.2) is 0 Å². The number of rotatable bonds is 4. The summed E-state index contributed by atoms with van der Waals surface area (Å²) in [5, 5.41) is 2.73. The van der Waals surface area contributed by atoms with Crippen molar-refractivity contribution in [2.75, 3.05) is 23.9 Å².